The zero-order valence-corrected chi connectivity index (χ0v) is 67.7. The van der Waals surface area contributed by atoms with Gasteiger partial charge in [-0.05, 0) is 151 Å². The van der Waals surface area contributed by atoms with E-state index in [1.165, 1.54) is 13.8 Å². The molecule has 38 nitrogen and oxygen atoms in total. The number of carbonyl (C=O) groups is 15. The van der Waals surface area contributed by atoms with E-state index in [1.54, 1.807) is 83.1 Å². The zero-order chi connectivity index (χ0) is 84.2. The number of primary amides is 1. The Kier molecular flexibility index (Phi) is 48.8. The third-order valence-electron chi connectivity index (χ3n) is 17.1. The van der Waals surface area contributed by atoms with Crippen LogP contribution < -0.4 is 115 Å². The van der Waals surface area contributed by atoms with Gasteiger partial charge in [-0.3, -0.25) is 81.9 Å². The minimum Gasteiger partial charge on any atom is -0.370 e. The summed E-state index contributed by atoms with van der Waals surface area (Å²) in [4.78, 5) is 213. The molecule has 0 rings (SSSR count). The van der Waals surface area contributed by atoms with Gasteiger partial charge in [0.15, 0.2) is 11.9 Å². The van der Waals surface area contributed by atoms with E-state index in [1.807, 2.05) is 13.8 Å². The second kappa shape index (κ2) is 53.4. The Labute approximate surface area is 648 Å². The molecule has 0 radical (unpaired) electrons. The highest BCUT2D eigenvalue weighted by Crippen LogP contribution is 2.16. The Morgan fingerprint density at radius 1 is 0.291 bits per heavy atom. The molecule has 0 bridgehead atoms. The van der Waals surface area contributed by atoms with Crippen molar-refractivity contribution in [3.8, 4) is 0 Å². The predicted molar refractivity (Wildman–Crippen MR) is 418 cm³/mol. The van der Waals surface area contributed by atoms with Crippen molar-refractivity contribution >= 4 is 101 Å². The summed E-state index contributed by atoms with van der Waals surface area (Å²) in [5, 5.41) is 36.9. The van der Waals surface area contributed by atoms with Crippen LogP contribution in [-0.2, 0) is 71.9 Å². The van der Waals surface area contributed by atoms with Crippen molar-refractivity contribution in [3.05, 3.63) is 0 Å². The molecule has 628 valence electrons. The largest absolute Gasteiger partial charge is 0.370 e. The molecule has 0 saturated heterocycles. The standard InChI is InChI=1S/C72H135N23O15/c1-37(2)31-50(89-60(100)44(15)84-63(103)46(85-45(16)96)23-17-19-27-73)61(101)82-35-54(97)87-48(26-22-30-81-72(78)79)65(105)91-53(34-40(7)8)68(108)95-57(42(11)12)69(109)88-49(24-18-20-28-74)66(106)94-58(43(13)14)70(110)92-51(32-38(3)4)62(102)83-36-55(98)86-47(25-21-29-80-71(76)77)64(104)90-52(33-39(5)6)67(107)93-56(41(9)10)59(75)99/h37-44,46-53,56-58H,17-36,73-74H2,1-16H3,(H2,75,99)(H,82,101)(H,83,102)(H,84,103)(H,85,96)(H,86,98)(H,87,97)(H,88,109)(H,89,100)(H,90,104)(H,91,105)(H,92,110)(H,93,107)(H,94,106)(H,95,108)(H4,76,77,80)(H4,78,79,81)/t44-,46-,47-,48-,49-,50-,51-,52-,53-,56-,57-,58-/m0/s1. The third-order valence-corrected chi connectivity index (χ3v) is 17.1. The summed E-state index contributed by atoms with van der Waals surface area (Å²) in [6, 6.07) is -14.7. The first-order valence-electron chi connectivity index (χ1n) is 38.3. The van der Waals surface area contributed by atoms with Gasteiger partial charge in [-0.25, -0.2) is 0 Å². The molecule has 0 saturated carbocycles. The summed E-state index contributed by atoms with van der Waals surface area (Å²) in [5.41, 5.74) is 39.1. The highest BCUT2D eigenvalue weighted by Gasteiger charge is 2.38. The van der Waals surface area contributed by atoms with Crippen molar-refractivity contribution in [1.29, 1.82) is 0 Å². The monoisotopic (exact) mass is 1560 g/mol. The van der Waals surface area contributed by atoms with Crippen LogP contribution in [0.5, 0.6) is 0 Å². The molecule has 15 amide bonds. The summed E-state index contributed by atoms with van der Waals surface area (Å²) in [6.45, 7) is 26.3. The molecule has 0 unspecified atom stereocenters. The Balaban J connectivity index is 6.77. The van der Waals surface area contributed by atoms with E-state index in [-0.39, 0.29) is 125 Å². The van der Waals surface area contributed by atoms with Crippen molar-refractivity contribution in [2.24, 2.45) is 91.5 Å². The molecule has 110 heavy (non-hydrogen) atoms. The van der Waals surface area contributed by atoms with E-state index in [0.717, 1.165) is 0 Å². The van der Waals surface area contributed by atoms with Crippen molar-refractivity contribution in [2.75, 3.05) is 39.3 Å². The Hall–Kier alpha value is -9.49. The van der Waals surface area contributed by atoms with Crippen molar-refractivity contribution in [3.63, 3.8) is 0 Å². The minimum absolute atomic E-state index is 0.0180. The first kappa shape index (κ1) is 101. The summed E-state index contributed by atoms with van der Waals surface area (Å²) in [7, 11) is 0. The van der Waals surface area contributed by atoms with Gasteiger partial charge in [0.05, 0.1) is 13.1 Å². The van der Waals surface area contributed by atoms with E-state index in [9.17, 15) is 71.9 Å². The van der Waals surface area contributed by atoms with Crippen molar-refractivity contribution in [2.45, 2.75) is 273 Å². The number of guanidine groups is 2. The normalized spacial score (nSPS) is 14.6. The molecule has 0 fully saturated rings. The highest BCUT2D eigenvalue weighted by atomic mass is 16.2. The zero-order valence-electron chi connectivity index (χ0n) is 67.7. The molecule has 0 aliphatic carbocycles. The molecular weight excluding hydrogens is 1430 g/mol. The van der Waals surface area contributed by atoms with E-state index in [4.69, 9.17) is 40.1 Å². The summed E-state index contributed by atoms with van der Waals surface area (Å²) < 4.78 is 0. The Bertz CT molecular complexity index is 3050. The van der Waals surface area contributed by atoms with Gasteiger partial charge in [0, 0.05) is 20.0 Å². The number of nitrogens with zero attached hydrogens (tertiary/aromatic N) is 2. The van der Waals surface area contributed by atoms with Crippen LogP contribution >= 0.6 is 0 Å². The molecule has 0 spiro atoms. The van der Waals surface area contributed by atoms with Gasteiger partial charge in [-0.1, -0.05) is 96.9 Å². The lowest BCUT2D eigenvalue weighted by atomic mass is 9.98. The van der Waals surface area contributed by atoms with Crippen molar-refractivity contribution in [1.82, 2.24) is 74.4 Å². The molecule has 0 aromatic heterocycles. The maximum absolute atomic E-state index is 14.5. The van der Waals surface area contributed by atoms with E-state index < -0.39 is 186 Å². The summed E-state index contributed by atoms with van der Waals surface area (Å²) in [5.74, 6) is -14.0. The van der Waals surface area contributed by atoms with Gasteiger partial charge in [0.2, 0.25) is 88.6 Å². The fraction of sp³-hybridized carbons (Fsp3) is 0.764. The highest BCUT2D eigenvalue weighted by molar-refractivity contribution is 6.00. The Morgan fingerprint density at radius 3 is 0.882 bits per heavy atom. The predicted octanol–water partition coefficient (Wildman–Crippen LogP) is -3.92. The number of nitrogens with two attached hydrogens (primary N) is 7. The second-order valence-corrected chi connectivity index (χ2v) is 30.5. The molecule has 0 heterocycles. The number of aliphatic imine (C=N–C) groups is 2. The molecule has 12 atom stereocenters. The molecule has 0 aliphatic rings. The van der Waals surface area contributed by atoms with Crippen LogP contribution in [0.4, 0.5) is 0 Å². The lowest BCUT2D eigenvalue weighted by molar-refractivity contribution is -0.136. The average molecular weight is 1560 g/mol. The van der Waals surface area contributed by atoms with Gasteiger partial charge < -0.3 is 115 Å². The number of rotatable bonds is 55. The molecule has 0 aromatic rings. The first-order valence-corrected chi connectivity index (χ1v) is 38.3. The fourth-order valence-corrected chi connectivity index (χ4v) is 11.3. The maximum atomic E-state index is 14.5. The Morgan fingerprint density at radius 2 is 0.564 bits per heavy atom. The van der Waals surface area contributed by atoms with Crippen LogP contribution in [0.15, 0.2) is 9.98 Å². The lowest BCUT2D eigenvalue weighted by Crippen LogP contribution is -2.61. The van der Waals surface area contributed by atoms with Crippen LogP contribution in [-0.4, -0.2) is 212 Å². The van der Waals surface area contributed by atoms with Gasteiger partial charge in [0.25, 0.3) is 0 Å². The van der Waals surface area contributed by atoms with E-state index >= 15 is 0 Å². The number of unbranched alkanes of at least 4 members (excludes halogenated alkanes) is 2. The molecule has 0 aliphatic heterocycles. The van der Waals surface area contributed by atoms with E-state index in [2.05, 4.69) is 84.4 Å². The second-order valence-electron chi connectivity index (χ2n) is 30.5. The lowest BCUT2D eigenvalue weighted by Gasteiger charge is -2.30. The fourth-order valence-electron chi connectivity index (χ4n) is 11.3. The molecule has 0 aromatic carbocycles. The number of hydrogen-bond acceptors (Lipinski definition) is 19. The van der Waals surface area contributed by atoms with Gasteiger partial charge in [-0.15, -0.1) is 0 Å². The number of nitrogens with one attached hydrogen (secondary N) is 14. The maximum Gasteiger partial charge on any atom is 0.243 e. The molecular formula is C72H135N23O15. The average Bonchev–Trinajstić information content (AvgIpc) is 0.853. The quantitative estimate of drug-likeness (QED) is 0.0157. The minimum atomic E-state index is -1.36. The van der Waals surface area contributed by atoms with Crippen LogP contribution in [0, 0.1) is 41.4 Å². The topological polar surface area (TPSA) is 631 Å². The van der Waals surface area contributed by atoms with Crippen LogP contribution in [0.25, 0.3) is 0 Å². The first-order chi connectivity index (χ1) is 51.3. The summed E-state index contributed by atoms with van der Waals surface area (Å²) in [6.07, 6.45) is 2.74. The van der Waals surface area contributed by atoms with E-state index in [0.29, 0.717) is 32.2 Å². The molecule has 28 N–H and O–H groups in total. The van der Waals surface area contributed by atoms with Gasteiger partial charge in [0.1, 0.15) is 72.5 Å². The van der Waals surface area contributed by atoms with Gasteiger partial charge >= 0.3 is 0 Å². The number of carbonyl (C=O) groups excluding carboxylic acids is 15. The van der Waals surface area contributed by atoms with Gasteiger partial charge in [-0.2, -0.15) is 0 Å². The third kappa shape index (κ3) is 42.5. The van der Waals surface area contributed by atoms with Crippen molar-refractivity contribution < 1.29 is 71.9 Å². The molecule has 38 heteroatoms. The van der Waals surface area contributed by atoms with Crippen LogP contribution in [0.2, 0.25) is 0 Å². The van der Waals surface area contributed by atoms with Crippen LogP contribution in [0.1, 0.15) is 201 Å². The SMILES string of the molecule is CC(=O)N[C@@H](CCCCN)C(=O)N[C@@H](C)C(=O)N[C@@H](CC(C)C)C(=O)NCC(=O)N[C@@H](CCCN=C(N)N)C(=O)N[C@@H](CC(C)C)C(=O)N[C@H](C(=O)N[C@@H](CCCCN)C(=O)N[C@H](C(=O)N[C@@H](CC(C)C)C(=O)NCC(=O)N[C@@H](CCCN=C(N)N)C(=O)N[C@@H](CC(C)C)C(=O)N[C@H](C(N)=O)C(C)C)C(C)C)C(C)C. The number of amides is 15. The summed E-state index contributed by atoms with van der Waals surface area (Å²) >= 11 is 0. The number of hydrogen-bond donors (Lipinski definition) is 21. The van der Waals surface area contributed by atoms with Crippen LogP contribution in [0.3, 0.4) is 0 Å². The smallest absolute Gasteiger partial charge is 0.243 e.